The van der Waals surface area contributed by atoms with Gasteiger partial charge in [0.15, 0.2) is 0 Å². The van der Waals surface area contributed by atoms with Crippen LogP contribution in [0, 0.1) is 0 Å². The van der Waals surface area contributed by atoms with Crippen molar-refractivity contribution < 1.29 is 5.11 Å². The second kappa shape index (κ2) is 5.57. The Labute approximate surface area is 130 Å². The molecule has 0 aliphatic heterocycles. The molecule has 0 bridgehead atoms. The lowest BCUT2D eigenvalue weighted by Gasteiger charge is -2.02. The number of phenolic OH excluding ortho intramolecular Hbond substituents is 1. The standard InChI is InChI=1S/C15H13BrN4O/c1-17-15-19-12-4-2-3-5-13(12)20(15)18-9-10-8-11(16)6-7-14(10)21/h2-9,21H,1H3,(H,17,19)/b18-9+. The number of imidazole rings is 1. The van der Waals surface area contributed by atoms with Crippen molar-refractivity contribution in [3.05, 3.63) is 52.5 Å². The molecule has 106 valence electrons. The quantitative estimate of drug-likeness (QED) is 0.715. The molecule has 1 heterocycles. The minimum atomic E-state index is 0.178. The lowest BCUT2D eigenvalue weighted by atomic mass is 10.2. The fourth-order valence-corrected chi connectivity index (χ4v) is 2.42. The molecule has 0 radical (unpaired) electrons. The number of aromatic hydroxyl groups is 1. The van der Waals surface area contributed by atoms with Gasteiger partial charge in [0.05, 0.1) is 17.2 Å². The zero-order valence-corrected chi connectivity index (χ0v) is 12.9. The number of aromatic nitrogens is 2. The third kappa shape index (κ3) is 2.62. The highest BCUT2D eigenvalue weighted by atomic mass is 79.9. The first kappa shape index (κ1) is 13.6. The summed E-state index contributed by atoms with van der Waals surface area (Å²) in [6.07, 6.45) is 1.61. The number of para-hydroxylation sites is 2. The van der Waals surface area contributed by atoms with Gasteiger partial charge in [-0.1, -0.05) is 28.1 Å². The Bertz CT molecular complexity index is 826. The molecular weight excluding hydrogens is 332 g/mol. The summed E-state index contributed by atoms with van der Waals surface area (Å²) in [4.78, 5) is 4.45. The topological polar surface area (TPSA) is 62.4 Å². The number of anilines is 1. The van der Waals surface area contributed by atoms with Crippen LogP contribution in [0.4, 0.5) is 5.95 Å². The highest BCUT2D eigenvalue weighted by Crippen LogP contribution is 2.22. The Hall–Kier alpha value is -2.34. The van der Waals surface area contributed by atoms with E-state index in [0.717, 1.165) is 15.5 Å². The SMILES string of the molecule is CNc1nc2ccccc2n1/N=C/c1cc(Br)ccc1O. The Kier molecular flexibility index (Phi) is 3.62. The number of hydrogen-bond acceptors (Lipinski definition) is 4. The lowest BCUT2D eigenvalue weighted by Crippen LogP contribution is -1.99. The van der Waals surface area contributed by atoms with Crippen LogP contribution in [0.25, 0.3) is 11.0 Å². The van der Waals surface area contributed by atoms with E-state index in [4.69, 9.17) is 0 Å². The van der Waals surface area contributed by atoms with Crippen LogP contribution in [0.2, 0.25) is 0 Å². The third-order valence-corrected chi connectivity index (χ3v) is 3.56. The molecular formula is C15H13BrN4O. The summed E-state index contributed by atoms with van der Waals surface area (Å²) >= 11 is 3.38. The molecule has 0 amide bonds. The first-order valence-electron chi connectivity index (χ1n) is 6.37. The summed E-state index contributed by atoms with van der Waals surface area (Å²) in [7, 11) is 1.80. The van der Waals surface area contributed by atoms with Gasteiger partial charge in [-0.25, -0.2) is 4.98 Å². The monoisotopic (exact) mass is 344 g/mol. The summed E-state index contributed by atoms with van der Waals surface area (Å²) in [5.41, 5.74) is 2.38. The Morgan fingerprint density at radius 1 is 1.29 bits per heavy atom. The van der Waals surface area contributed by atoms with Crippen molar-refractivity contribution in [3.8, 4) is 5.75 Å². The molecule has 5 nitrogen and oxygen atoms in total. The summed E-state index contributed by atoms with van der Waals surface area (Å²) in [6, 6.07) is 12.9. The van der Waals surface area contributed by atoms with E-state index in [9.17, 15) is 5.11 Å². The van der Waals surface area contributed by atoms with Gasteiger partial charge in [-0.15, -0.1) is 0 Å². The zero-order chi connectivity index (χ0) is 14.8. The smallest absolute Gasteiger partial charge is 0.224 e. The van der Waals surface area contributed by atoms with E-state index < -0.39 is 0 Å². The third-order valence-electron chi connectivity index (χ3n) is 3.06. The largest absolute Gasteiger partial charge is 0.507 e. The van der Waals surface area contributed by atoms with E-state index >= 15 is 0 Å². The molecule has 0 unspecified atom stereocenters. The molecule has 2 aromatic carbocycles. The molecule has 0 atom stereocenters. The minimum Gasteiger partial charge on any atom is -0.507 e. The van der Waals surface area contributed by atoms with Crippen molar-refractivity contribution in [2.45, 2.75) is 0 Å². The van der Waals surface area contributed by atoms with Gasteiger partial charge < -0.3 is 10.4 Å². The van der Waals surface area contributed by atoms with Crippen LogP contribution < -0.4 is 5.32 Å². The fourth-order valence-electron chi connectivity index (χ4n) is 2.04. The van der Waals surface area contributed by atoms with Crippen molar-refractivity contribution in [1.82, 2.24) is 9.66 Å². The van der Waals surface area contributed by atoms with Crippen LogP contribution in [0.3, 0.4) is 0 Å². The highest BCUT2D eigenvalue weighted by molar-refractivity contribution is 9.10. The van der Waals surface area contributed by atoms with Gasteiger partial charge in [-0.3, -0.25) is 0 Å². The van der Waals surface area contributed by atoms with Crippen LogP contribution in [-0.2, 0) is 0 Å². The van der Waals surface area contributed by atoms with E-state index in [1.807, 2.05) is 24.3 Å². The second-order valence-electron chi connectivity index (χ2n) is 4.43. The summed E-state index contributed by atoms with van der Waals surface area (Å²) < 4.78 is 2.58. The molecule has 0 aliphatic rings. The van der Waals surface area contributed by atoms with Crippen LogP contribution in [0.15, 0.2) is 52.0 Å². The molecule has 6 heteroatoms. The van der Waals surface area contributed by atoms with Crippen molar-refractivity contribution >= 4 is 39.1 Å². The van der Waals surface area contributed by atoms with Gasteiger partial charge in [0.2, 0.25) is 5.95 Å². The van der Waals surface area contributed by atoms with Crippen molar-refractivity contribution in [1.29, 1.82) is 0 Å². The number of nitrogens with zero attached hydrogens (tertiary/aromatic N) is 3. The fraction of sp³-hybridized carbons (Fsp3) is 0.0667. The molecule has 0 aliphatic carbocycles. The van der Waals surface area contributed by atoms with Crippen molar-refractivity contribution in [2.24, 2.45) is 5.10 Å². The predicted molar refractivity (Wildman–Crippen MR) is 88.1 cm³/mol. The summed E-state index contributed by atoms with van der Waals surface area (Å²) in [6.45, 7) is 0. The van der Waals surface area contributed by atoms with Gasteiger partial charge in [0, 0.05) is 17.1 Å². The zero-order valence-electron chi connectivity index (χ0n) is 11.3. The van der Waals surface area contributed by atoms with E-state index in [0.29, 0.717) is 11.5 Å². The van der Waals surface area contributed by atoms with Crippen LogP contribution in [0.5, 0.6) is 5.75 Å². The number of hydrogen-bond donors (Lipinski definition) is 2. The number of fused-ring (bicyclic) bond motifs is 1. The second-order valence-corrected chi connectivity index (χ2v) is 5.35. The molecule has 21 heavy (non-hydrogen) atoms. The lowest BCUT2D eigenvalue weighted by molar-refractivity contribution is 0.474. The number of halogens is 1. The molecule has 0 spiro atoms. The van der Waals surface area contributed by atoms with Gasteiger partial charge in [0.1, 0.15) is 5.75 Å². The van der Waals surface area contributed by atoms with E-state index in [-0.39, 0.29) is 5.75 Å². The highest BCUT2D eigenvalue weighted by Gasteiger charge is 2.07. The molecule has 3 aromatic rings. The minimum absolute atomic E-state index is 0.178. The Balaban J connectivity index is 2.08. The van der Waals surface area contributed by atoms with E-state index in [1.54, 1.807) is 36.1 Å². The molecule has 3 rings (SSSR count). The van der Waals surface area contributed by atoms with Gasteiger partial charge >= 0.3 is 0 Å². The average molecular weight is 345 g/mol. The van der Waals surface area contributed by atoms with E-state index in [2.05, 4.69) is 31.3 Å². The number of nitrogens with one attached hydrogen (secondary N) is 1. The molecule has 0 saturated heterocycles. The summed E-state index contributed by atoms with van der Waals surface area (Å²) in [5, 5.41) is 17.3. The maximum atomic E-state index is 9.85. The normalized spacial score (nSPS) is 11.3. The molecule has 2 N–H and O–H groups in total. The Morgan fingerprint density at radius 2 is 2.10 bits per heavy atom. The van der Waals surface area contributed by atoms with Crippen LogP contribution >= 0.6 is 15.9 Å². The van der Waals surface area contributed by atoms with Crippen LogP contribution in [0.1, 0.15) is 5.56 Å². The number of rotatable bonds is 3. The predicted octanol–water partition coefficient (Wildman–Crippen LogP) is 3.43. The van der Waals surface area contributed by atoms with Gasteiger partial charge in [-0.2, -0.15) is 9.78 Å². The van der Waals surface area contributed by atoms with E-state index in [1.165, 1.54) is 0 Å². The van der Waals surface area contributed by atoms with Gasteiger partial charge in [-0.05, 0) is 30.3 Å². The van der Waals surface area contributed by atoms with Crippen molar-refractivity contribution in [2.75, 3.05) is 12.4 Å². The van der Waals surface area contributed by atoms with Crippen LogP contribution in [-0.4, -0.2) is 28.0 Å². The maximum Gasteiger partial charge on any atom is 0.224 e. The molecule has 1 aromatic heterocycles. The maximum absolute atomic E-state index is 9.85. The average Bonchev–Trinajstić information content (AvgIpc) is 2.86. The number of phenols is 1. The first-order valence-corrected chi connectivity index (χ1v) is 7.16. The number of benzene rings is 2. The summed E-state index contributed by atoms with van der Waals surface area (Å²) in [5.74, 6) is 0.819. The first-order chi connectivity index (χ1) is 10.2. The molecule has 0 fully saturated rings. The van der Waals surface area contributed by atoms with Gasteiger partial charge in [0.25, 0.3) is 0 Å². The Morgan fingerprint density at radius 3 is 2.90 bits per heavy atom. The molecule has 0 saturated carbocycles. The van der Waals surface area contributed by atoms with Crippen molar-refractivity contribution in [3.63, 3.8) is 0 Å².